The smallest absolute Gasteiger partial charge is 0.271 e. The van der Waals surface area contributed by atoms with E-state index in [0.29, 0.717) is 44.3 Å². The summed E-state index contributed by atoms with van der Waals surface area (Å²) in [5, 5.41) is 0.841. The van der Waals surface area contributed by atoms with Crippen molar-refractivity contribution in [2.45, 2.75) is 27.4 Å². The summed E-state index contributed by atoms with van der Waals surface area (Å²) in [4.78, 5) is 20.6. The van der Waals surface area contributed by atoms with Crippen LogP contribution in [0.4, 0.5) is 15.8 Å². The van der Waals surface area contributed by atoms with Crippen LogP contribution in [-0.2, 0) is 11.4 Å². The second-order valence-electron chi connectivity index (χ2n) is 9.46. The third-order valence-electron chi connectivity index (χ3n) is 6.32. The Morgan fingerprint density at radius 2 is 1.63 bits per heavy atom. The molecule has 1 saturated heterocycles. The van der Waals surface area contributed by atoms with Gasteiger partial charge in [-0.2, -0.15) is 0 Å². The van der Waals surface area contributed by atoms with Crippen molar-refractivity contribution in [3.63, 3.8) is 0 Å². The van der Waals surface area contributed by atoms with Crippen LogP contribution in [-0.4, -0.2) is 17.7 Å². The van der Waals surface area contributed by atoms with Crippen molar-refractivity contribution in [3.05, 3.63) is 123 Å². The molecule has 0 aromatic heterocycles. The second kappa shape index (κ2) is 12.6. The van der Waals surface area contributed by atoms with Gasteiger partial charge in [0.2, 0.25) is 0 Å². The molecule has 0 atom stereocenters. The number of rotatable bonds is 8. The maximum Gasteiger partial charge on any atom is 0.271 e. The number of hydrogen-bond donors (Lipinski definition) is 0. The first-order valence-electron chi connectivity index (χ1n) is 13.1. The Kier molecular flexibility index (Phi) is 8.76. The molecule has 1 fully saturated rings. The van der Waals surface area contributed by atoms with Crippen LogP contribution in [0.2, 0.25) is 5.02 Å². The summed E-state index contributed by atoms with van der Waals surface area (Å²) in [6.07, 6.45) is 1.76. The third-order valence-corrected chi connectivity index (χ3v) is 7.57. The van der Waals surface area contributed by atoms with Gasteiger partial charge in [0, 0.05) is 5.56 Å². The first-order valence-corrected chi connectivity index (χ1v) is 14.3. The van der Waals surface area contributed by atoms with E-state index < -0.39 is 0 Å². The lowest BCUT2D eigenvalue weighted by atomic mass is 10.1. The molecule has 0 bridgehead atoms. The minimum atomic E-state index is -0.360. The summed E-state index contributed by atoms with van der Waals surface area (Å²) in [5.41, 5.74) is 4.77. The van der Waals surface area contributed by atoms with E-state index in [1.165, 1.54) is 17.8 Å². The molecular formula is C33H28ClFN2O3S. The largest absolute Gasteiger partial charge is 0.490 e. The van der Waals surface area contributed by atoms with Gasteiger partial charge in [0.15, 0.2) is 16.7 Å². The van der Waals surface area contributed by atoms with E-state index in [1.807, 2.05) is 69.3 Å². The van der Waals surface area contributed by atoms with Gasteiger partial charge in [-0.05, 0) is 86.6 Å². The highest BCUT2D eigenvalue weighted by molar-refractivity contribution is 8.19. The van der Waals surface area contributed by atoms with E-state index >= 15 is 0 Å². The van der Waals surface area contributed by atoms with Crippen molar-refractivity contribution in [2.75, 3.05) is 11.5 Å². The molecule has 0 radical (unpaired) electrons. The predicted octanol–water partition coefficient (Wildman–Crippen LogP) is 8.88. The molecule has 1 amide bonds. The lowest BCUT2D eigenvalue weighted by molar-refractivity contribution is -0.113. The zero-order valence-corrected chi connectivity index (χ0v) is 24.4. The molecule has 1 aliphatic rings. The number of nitrogens with zero attached hydrogens (tertiary/aromatic N) is 2. The molecule has 0 unspecified atom stereocenters. The molecule has 208 valence electrons. The Morgan fingerprint density at radius 1 is 0.951 bits per heavy atom. The van der Waals surface area contributed by atoms with E-state index in [2.05, 4.69) is 0 Å². The van der Waals surface area contributed by atoms with Crippen LogP contribution in [0, 0.1) is 19.7 Å². The van der Waals surface area contributed by atoms with Crippen LogP contribution in [0.25, 0.3) is 6.08 Å². The number of benzene rings is 4. The summed E-state index contributed by atoms with van der Waals surface area (Å²) in [5.74, 6) is 0.161. The van der Waals surface area contributed by atoms with Gasteiger partial charge >= 0.3 is 0 Å². The van der Waals surface area contributed by atoms with Crippen LogP contribution in [0.15, 0.2) is 94.8 Å². The Bertz CT molecular complexity index is 1640. The number of aryl methyl sites for hydroxylation is 2. The Balaban J connectivity index is 1.49. The Labute approximate surface area is 248 Å². The molecule has 0 N–H and O–H groups in total. The number of ether oxygens (including phenoxy) is 2. The summed E-state index contributed by atoms with van der Waals surface area (Å²) < 4.78 is 25.8. The van der Waals surface area contributed by atoms with Crippen LogP contribution in [0.5, 0.6) is 11.5 Å². The van der Waals surface area contributed by atoms with Crippen LogP contribution < -0.4 is 14.4 Å². The highest BCUT2D eigenvalue weighted by Crippen LogP contribution is 2.41. The van der Waals surface area contributed by atoms with E-state index in [-0.39, 0.29) is 18.3 Å². The molecule has 4 aromatic rings. The maximum absolute atomic E-state index is 14.1. The maximum atomic E-state index is 14.1. The fourth-order valence-electron chi connectivity index (χ4n) is 4.19. The third kappa shape index (κ3) is 6.64. The molecule has 0 spiro atoms. The van der Waals surface area contributed by atoms with Gasteiger partial charge in [0.1, 0.15) is 12.4 Å². The van der Waals surface area contributed by atoms with Crippen LogP contribution in [0.3, 0.4) is 0 Å². The highest BCUT2D eigenvalue weighted by Gasteiger charge is 2.35. The molecule has 4 aromatic carbocycles. The van der Waals surface area contributed by atoms with Crippen molar-refractivity contribution < 1.29 is 18.7 Å². The number of carbonyl (C=O) groups excluding carboxylic acids is 1. The summed E-state index contributed by atoms with van der Waals surface area (Å²) in [6.45, 7) is 6.23. The number of carbonyl (C=O) groups is 1. The van der Waals surface area contributed by atoms with Gasteiger partial charge in [-0.15, -0.1) is 0 Å². The van der Waals surface area contributed by atoms with E-state index in [1.54, 1.807) is 41.3 Å². The molecule has 1 heterocycles. The molecule has 0 saturated carbocycles. The average Bonchev–Trinajstić information content (AvgIpc) is 3.25. The summed E-state index contributed by atoms with van der Waals surface area (Å²) in [7, 11) is 0. The van der Waals surface area contributed by atoms with Crippen molar-refractivity contribution in [3.8, 4) is 11.5 Å². The fraction of sp³-hybridized carbons (Fsp3) is 0.152. The monoisotopic (exact) mass is 586 g/mol. The van der Waals surface area contributed by atoms with E-state index in [0.717, 1.165) is 22.5 Å². The van der Waals surface area contributed by atoms with Gasteiger partial charge in [-0.1, -0.05) is 65.2 Å². The number of thioether (sulfide) groups is 1. The van der Waals surface area contributed by atoms with E-state index in [4.69, 9.17) is 26.1 Å². The zero-order chi connectivity index (χ0) is 28.9. The van der Waals surface area contributed by atoms with Crippen molar-refractivity contribution in [2.24, 2.45) is 4.99 Å². The molecule has 5 rings (SSSR count). The Morgan fingerprint density at radius 3 is 2.32 bits per heavy atom. The van der Waals surface area contributed by atoms with Crippen LogP contribution in [0.1, 0.15) is 29.2 Å². The first kappa shape index (κ1) is 28.5. The summed E-state index contributed by atoms with van der Waals surface area (Å²) in [6, 6.07) is 25.4. The number of halogens is 2. The van der Waals surface area contributed by atoms with Gasteiger partial charge in [-0.3, -0.25) is 9.69 Å². The molecule has 8 heteroatoms. The highest BCUT2D eigenvalue weighted by atomic mass is 35.5. The number of hydrogen-bond acceptors (Lipinski definition) is 5. The van der Waals surface area contributed by atoms with Gasteiger partial charge < -0.3 is 9.47 Å². The fourth-order valence-corrected chi connectivity index (χ4v) is 5.47. The second-order valence-corrected chi connectivity index (χ2v) is 10.9. The minimum Gasteiger partial charge on any atom is -0.490 e. The lowest BCUT2D eigenvalue weighted by Crippen LogP contribution is -2.28. The molecule has 0 aliphatic carbocycles. The number of amides is 1. The molecule has 1 aliphatic heterocycles. The standard InChI is InChI=1S/C33H28ClFN2O3S/c1-4-39-29-18-23(17-27(34)31(29)40-20-24-7-5-6-8-28(24)35)19-30-32(38)37(26-15-11-22(3)12-16-26)33(41-30)36-25-13-9-21(2)10-14-25/h5-19H,4,20H2,1-3H3/b30-19-,36-33?. The number of anilines is 1. The molecule has 41 heavy (non-hydrogen) atoms. The average molecular weight is 587 g/mol. The summed E-state index contributed by atoms with van der Waals surface area (Å²) >= 11 is 7.92. The molecule has 5 nitrogen and oxygen atoms in total. The van der Waals surface area contributed by atoms with Crippen LogP contribution >= 0.6 is 23.4 Å². The Hall–Kier alpha value is -4.07. The van der Waals surface area contributed by atoms with E-state index in [9.17, 15) is 9.18 Å². The quantitative estimate of drug-likeness (QED) is 0.193. The SMILES string of the molecule is CCOc1cc(/C=C2\SC(=Nc3ccc(C)cc3)N(c3ccc(C)cc3)C2=O)cc(Cl)c1OCc1ccccc1F. The number of aliphatic imine (C=N–C) groups is 1. The van der Waals surface area contributed by atoms with Gasteiger partial charge in [-0.25, -0.2) is 9.38 Å². The van der Waals surface area contributed by atoms with Crippen molar-refractivity contribution in [1.82, 2.24) is 0 Å². The molecular weight excluding hydrogens is 559 g/mol. The predicted molar refractivity (Wildman–Crippen MR) is 166 cm³/mol. The van der Waals surface area contributed by atoms with Crippen molar-refractivity contribution in [1.29, 1.82) is 0 Å². The van der Waals surface area contributed by atoms with Gasteiger partial charge in [0.25, 0.3) is 5.91 Å². The first-order chi connectivity index (χ1) is 19.8. The topological polar surface area (TPSA) is 51.1 Å². The van der Waals surface area contributed by atoms with Crippen molar-refractivity contribution >= 4 is 51.9 Å². The normalized spacial score (nSPS) is 15.1. The number of amidine groups is 1. The zero-order valence-electron chi connectivity index (χ0n) is 22.9. The van der Waals surface area contributed by atoms with Gasteiger partial charge in [0.05, 0.1) is 27.9 Å². The lowest BCUT2D eigenvalue weighted by Gasteiger charge is -2.16. The minimum absolute atomic E-state index is 0.00835.